The van der Waals surface area contributed by atoms with E-state index in [0.29, 0.717) is 34.9 Å². The van der Waals surface area contributed by atoms with Crippen molar-refractivity contribution in [1.29, 1.82) is 5.26 Å². The van der Waals surface area contributed by atoms with E-state index in [9.17, 15) is 5.26 Å². The molecule has 0 saturated heterocycles. The van der Waals surface area contributed by atoms with Gasteiger partial charge in [-0.05, 0) is 37.3 Å². The van der Waals surface area contributed by atoms with Gasteiger partial charge in [0.15, 0.2) is 11.5 Å². The van der Waals surface area contributed by atoms with Gasteiger partial charge in [-0.25, -0.2) is 0 Å². The largest absolute Gasteiger partial charge is 0.493 e. The molecule has 5 nitrogen and oxygen atoms in total. The van der Waals surface area contributed by atoms with E-state index in [4.69, 9.17) is 9.47 Å². The maximum Gasteiger partial charge on any atom is 0.187 e. The van der Waals surface area contributed by atoms with E-state index in [1.54, 1.807) is 13.3 Å². The summed E-state index contributed by atoms with van der Waals surface area (Å²) in [5, 5.41) is 13.6. The van der Waals surface area contributed by atoms with Gasteiger partial charge in [-0.15, -0.1) is 0 Å². The number of hydrogen-bond acceptors (Lipinski definition) is 5. The summed E-state index contributed by atoms with van der Waals surface area (Å²) in [5.74, 6) is 1.18. The lowest BCUT2D eigenvalue weighted by Crippen LogP contribution is -2.01. The fraction of sp³-hybridized carbons (Fsp3) is 0.158. The zero-order valence-electron chi connectivity index (χ0n) is 13.8. The molecular formula is C19H16BrN3O2. The number of halogens is 1. The first-order chi connectivity index (χ1) is 12.2. The number of nitriles is 1. The van der Waals surface area contributed by atoms with Crippen LogP contribution >= 0.6 is 15.9 Å². The Labute approximate surface area is 154 Å². The summed E-state index contributed by atoms with van der Waals surface area (Å²) in [6, 6.07) is 13.6. The molecule has 0 aliphatic heterocycles. The summed E-state index contributed by atoms with van der Waals surface area (Å²) in [6.45, 7) is 2.40. The Hall–Kier alpha value is -2.78. The van der Waals surface area contributed by atoms with E-state index in [0.717, 1.165) is 15.5 Å². The Morgan fingerprint density at radius 1 is 1.28 bits per heavy atom. The molecule has 0 atom stereocenters. The summed E-state index contributed by atoms with van der Waals surface area (Å²) >= 11 is 3.46. The van der Waals surface area contributed by atoms with Gasteiger partial charge in [-0.2, -0.15) is 5.26 Å². The molecule has 3 aromatic rings. The van der Waals surface area contributed by atoms with E-state index < -0.39 is 0 Å². The van der Waals surface area contributed by atoms with Crippen molar-refractivity contribution in [3.05, 3.63) is 52.6 Å². The number of rotatable bonds is 5. The van der Waals surface area contributed by atoms with Gasteiger partial charge >= 0.3 is 0 Å². The van der Waals surface area contributed by atoms with Crippen LogP contribution < -0.4 is 14.8 Å². The highest BCUT2D eigenvalue weighted by Gasteiger charge is 2.16. The minimum atomic E-state index is 0.458. The molecule has 6 heteroatoms. The van der Waals surface area contributed by atoms with Gasteiger partial charge in [-0.1, -0.05) is 22.0 Å². The van der Waals surface area contributed by atoms with Gasteiger partial charge in [-0.3, -0.25) is 4.98 Å². The number of methoxy groups -OCH3 is 1. The monoisotopic (exact) mass is 397 g/mol. The molecule has 126 valence electrons. The molecule has 0 spiro atoms. The van der Waals surface area contributed by atoms with Gasteiger partial charge in [0.1, 0.15) is 11.6 Å². The molecule has 0 fully saturated rings. The Morgan fingerprint density at radius 3 is 2.80 bits per heavy atom. The Balaban J connectivity index is 2.22. The molecule has 0 radical (unpaired) electrons. The number of ether oxygens (including phenoxy) is 2. The topological polar surface area (TPSA) is 67.2 Å². The lowest BCUT2D eigenvalue weighted by Gasteiger charge is -2.15. The number of fused-ring (bicyclic) bond motifs is 1. The van der Waals surface area contributed by atoms with Gasteiger partial charge in [0.2, 0.25) is 0 Å². The summed E-state index contributed by atoms with van der Waals surface area (Å²) in [6.07, 6.45) is 1.55. The summed E-state index contributed by atoms with van der Waals surface area (Å²) in [4.78, 5) is 4.42. The first kappa shape index (κ1) is 17.1. The van der Waals surface area contributed by atoms with Crippen LogP contribution in [0.5, 0.6) is 11.5 Å². The van der Waals surface area contributed by atoms with Crippen LogP contribution in [-0.2, 0) is 0 Å². The summed E-state index contributed by atoms with van der Waals surface area (Å²) in [5.41, 5.74) is 2.67. The second-order valence-corrected chi connectivity index (χ2v) is 6.14. The Bertz CT molecular complexity index is 967. The maximum atomic E-state index is 9.49. The van der Waals surface area contributed by atoms with E-state index in [1.807, 2.05) is 43.3 Å². The minimum Gasteiger partial charge on any atom is -0.493 e. The van der Waals surface area contributed by atoms with Gasteiger partial charge in [0, 0.05) is 21.7 Å². The molecule has 0 saturated carbocycles. The van der Waals surface area contributed by atoms with Crippen LogP contribution in [0.4, 0.5) is 11.4 Å². The fourth-order valence-electron chi connectivity index (χ4n) is 2.60. The third-order valence-electron chi connectivity index (χ3n) is 3.68. The second kappa shape index (κ2) is 7.41. The van der Waals surface area contributed by atoms with Crippen molar-refractivity contribution in [1.82, 2.24) is 4.98 Å². The van der Waals surface area contributed by atoms with E-state index >= 15 is 0 Å². The van der Waals surface area contributed by atoms with E-state index in [2.05, 4.69) is 32.3 Å². The lowest BCUT2D eigenvalue weighted by molar-refractivity contribution is 0.314. The first-order valence-electron chi connectivity index (χ1n) is 7.73. The molecule has 0 unspecified atom stereocenters. The minimum absolute atomic E-state index is 0.458. The van der Waals surface area contributed by atoms with Crippen molar-refractivity contribution in [2.24, 2.45) is 0 Å². The highest BCUT2D eigenvalue weighted by atomic mass is 79.9. The third-order valence-corrected chi connectivity index (χ3v) is 4.17. The Morgan fingerprint density at radius 2 is 2.12 bits per heavy atom. The number of anilines is 2. The van der Waals surface area contributed by atoms with Crippen molar-refractivity contribution in [2.75, 3.05) is 19.0 Å². The number of nitrogens with zero attached hydrogens (tertiary/aromatic N) is 2. The first-order valence-corrected chi connectivity index (χ1v) is 8.52. The molecule has 0 bridgehead atoms. The zero-order valence-corrected chi connectivity index (χ0v) is 15.4. The van der Waals surface area contributed by atoms with Crippen LogP contribution in [0.15, 0.2) is 47.1 Å². The van der Waals surface area contributed by atoms with Gasteiger partial charge in [0.05, 0.1) is 25.0 Å². The molecule has 25 heavy (non-hydrogen) atoms. The van der Waals surface area contributed by atoms with Crippen LogP contribution in [0.25, 0.3) is 10.9 Å². The predicted octanol–water partition coefficient (Wildman–Crippen LogP) is 5.02. The molecule has 2 aromatic carbocycles. The molecule has 1 aromatic heterocycles. The van der Waals surface area contributed by atoms with Gasteiger partial charge in [0.25, 0.3) is 0 Å². The molecule has 0 aliphatic rings. The average Bonchev–Trinajstić information content (AvgIpc) is 2.62. The van der Waals surface area contributed by atoms with Gasteiger partial charge < -0.3 is 14.8 Å². The summed E-state index contributed by atoms with van der Waals surface area (Å²) < 4.78 is 12.1. The van der Waals surface area contributed by atoms with Crippen LogP contribution in [0.3, 0.4) is 0 Å². The van der Waals surface area contributed by atoms with Crippen LogP contribution in [0, 0.1) is 11.3 Å². The quantitative estimate of drug-likeness (QED) is 0.654. The number of benzene rings is 2. The highest BCUT2D eigenvalue weighted by molar-refractivity contribution is 9.10. The SMILES string of the molecule is CCOc1c(OC)ccc2c(Nc3cccc(Br)c3)c(C#N)cnc12. The van der Waals surface area contributed by atoms with Crippen LogP contribution in [-0.4, -0.2) is 18.7 Å². The predicted molar refractivity (Wildman–Crippen MR) is 102 cm³/mol. The zero-order chi connectivity index (χ0) is 17.8. The molecule has 0 amide bonds. The normalized spacial score (nSPS) is 10.3. The molecule has 3 rings (SSSR count). The van der Waals surface area contributed by atoms with E-state index in [-0.39, 0.29) is 0 Å². The maximum absolute atomic E-state index is 9.49. The van der Waals surface area contributed by atoms with E-state index in [1.165, 1.54) is 0 Å². The molecule has 1 heterocycles. The number of nitrogens with one attached hydrogen (secondary N) is 1. The van der Waals surface area contributed by atoms with Crippen molar-refractivity contribution < 1.29 is 9.47 Å². The van der Waals surface area contributed by atoms with Crippen molar-refractivity contribution in [2.45, 2.75) is 6.92 Å². The summed E-state index contributed by atoms with van der Waals surface area (Å²) in [7, 11) is 1.59. The lowest BCUT2D eigenvalue weighted by atomic mass is 10.1. The standard InChI is InChI=1S/C19H16BrN3O2/c1-3-25-19-16(24-2)8-7-15-17(12(10-21)11-22-18(15)19)23-14-6-4-5-13(20)9-14/h4-9,11H,3H2,1-2H3,(H,22,23). The molecular weight excluding hydrogens is 382 g/mol. The van der Waals surface area contributed by atoms with Crippen molar-refractivity contribution in [3.8, 4) is 17.6 Å². The number of aromatic nitrogens is 1. The highest BCUT2D eigenvalue weighted by Crippen LogP contribution is 2.39. The fourth-order valence-corrected chi connectivity index (χ4v) is 3.00. The molecule has 1 N–H and O–H groups in total. The average molecular weight is 398 g/mol. The number of pyridine rings is 1. The van der Waals surface area contributed by atoms with Crippen molar-refractivity contribution >= 4 is 38.2 Å². The number of hydrogen-bond donors (Lipinski definition) is 1. The Kier molecular flexibility index (Phi) is 5.05. The van der Waals surface area contributed by atoms with Crippen molar-refractivity contribution in [3.63, 3.8) is 0 Å². The molecule has 0 aliphatic carbocycles. The third kappa shape index (κ3) is 3.37. The van der Waals surface area contributed by atoms with Crippen LogP contribution in [0.1, 0.15) is 12.5 Å². The second-order valence-electron chi connectivity index (χ2n) is 5.22. The van der Waals surface area contributed by atoms with Crippen LogP contribution in [0.2, 0.25) is 0 Å². The smallest absolute Gasteiger partial charge is 0.187 e.